The van der Waals surface area contributed by atoms with Gasteiger partial charge in [-0.25, -0.2) is 4.79 Å². The maximum atomic E-state index is 11.8. The fourth-order valence-electron chi connectivity index (χ4n) is 3.41. The van der Waals surface area contributed by atoms with Crippen molar-refractivity contribution in [2.75, 3.05) is 13.2 Å². The van der Waals surface area contributed by atoms with Crippen LogP contribution in [0.15, 0.2) is 24.3 Å². The molecule has 0 N–H and O–H groups in total. The highest BCUT2D eigenvalue weighted by atomic mass is 16.8. The van der Waals surface area contributed by atoms with Gasteiger partial charge in [0.25, 0.3) is 5.69 Å². The second kappa shape index (κ2) is 12.5. The molecular weight excluding hydrogens is 390 g/mol. The number of carbonyl (C=O) groups excluding carboxylic acids is 1. The van der Waals surface area contributed by atoms with Gasteiger partial charge in [-0.15, -0.1) is 0 Å². The Morgan fingerprint density at radius 1 is 1.13 bits per heavy atom. The lowest BCUT2D eigenvalue weighted by atomic mass is 10.0. The molecule has 0 aromatic heterocycles. The Bertz CT molecular complexity index is 664. The topological polar surface area (TPSA) is 97.1 Å². The van der Waals surface area contributed by atoms with Crippen molar-refractivity contribution in [1.29, 1.82) is 0 Å². The van der Waals surface area contributed by atoms with Crippen LogP contribution in [0.5, 0.6) is 5.75 Å². The second-order valence-electron chi connectivity index (χ2n) is 7.82. The summed E-state index contributed by atoms with van der Waals surface area (Å²) in [6, 6.07) is 5.20. The average molecular weight is 424 g/mol. The molecule has 2 atom stereocenters. The number of nitrogens with zero attached hydrogens (tertiary/aromatic N) is 1. The lowest BCUT2D eigenvalue weighted by Crippen LogP contribution is -2.28. The molecule has 0 bridgehead atoms. The molecule has 168 valence electrons. The van der Waals surface area contributed by atoms with Crippen LogP contribution in [0.4, 0.5) is 10.5 Å². The van der Waals surface area contributed by atoms with Crippen LogP contribution in [-0.2, 0) is 14.2 Å². The van der Waals surface area contributed by atoms with E-state index in [-0.39, 0.29) is 24.1 Å². The van der Waals surface area contributed by atoms with E-state index in [1.165, 1.54) is 62.8 Å². The molecule has 2 unspecified atom stereocenters. The minimum atomic E-state index is -0.885. The molecule has 0 aliphatic carbocycles. The lowest BCUT2D eigenvalue weighted by molar-refractivity contribution is -0.384. The molecule has 8 heteroatoms. The molecule has 2 rings (SSSR count). The summed E-state index contributed by atoms with van der Waals surface area (Å²) in [5.74, 6) is -0.466. The van der Waals surface area contributed by atoms with E-state index in [4.69, 9.17) is 18.9 Å². The summed E-state index contributed by atoms with van der Waals surface area (Å²) in [5.41, 5.74) is -0.0806. The van der Waals surface area contributed by atoms with E-state index in [2.05, 4.69) is 6.92 Å². The number of nitro groups is 1. The Labute approximate surface area is 178 Å². The molecule has 0 amide bonds. The molecule has 1 fully saturated rings. The van der Waals surface area contributed by atoms with Crippen molar-refractivity contribution in [1.82, 2.24) is 0 Å². The van der Waals surface area contributed by atoms with Gasteiger partial charge in [0.2, 0.25) is 0 Å². The molecule has 30 heavy (non-hydrogen) atoms. The van der Waals surface area contributed by atoms with Crippen molar-refractivity contribution in [3.63, 3.8) is 0 Å². The Morgan fingerprint density at radius 2 is 1.77 bits per heavy atom. The minimum Gasteiger partial charge on any atom is -0.431 e. The van der Waals surface area contributed by atoms with Crippen LogP contribution in [0.1, 0.15) is 71.6 Å². The first-order valence-electron chi connectivity index (χ1n) is 10.8. The molecule has 0 saturated carbocycles. The van der Waals surface area contributed by atoms with Crippen molar-refractivity contribution < 1.29 is 28.7 Å². The molecule has 0 radical (unpaired) electrons. The first-order valence-corrected chi connectivity index (χ1v) is 10.8. The predicted molar refractivity (Wildman–Crippen MR) is 112 cm³/mol. The van der Waals surface area contributed by atoms with Gasteiger partial charge < -0.3 is 18.9 Å². The summed E-state index contributed by atoms with van der Waals surface area (Å²) in [6.45, 7) is 4.53. The van der Waals surface area contributed by atoms with Crippen molar-refractivity contribution in [2.24, 2.45) is 0 Å². The largest absolute Gasteiger partial charge is 0.513 e. The third-order valence-electron chi connectivity index (χ3n) is 5.11. The third kappa shape index (κ3) is 8.67. The van der Waals surface area contributed by atoms with Gasteiger partial charge in [0, 0.05) is 18.6 Å². The van der Waals surface area contributed by atoms with Crippen molar-refractivity contribution in [3.8, 4) is 5.75 Å². The molecular formula is C22H33NO7. The zero-order valence-corrected chi connectivity index (χ0v) is 18.0. The summed E-state index contributed by atoms with van der Waals surface area (Å²) in [5, 5.41) is 10.6. The Morgan fingerprint density at radius 3 is 2.40 bits per heavy atom. The molecule has 1 aromatic carbocycles. The highest BCUT2D eigenvalue weighted by Crippen LogP contribution is 2.29. The number of non-ortho nitro benzene ring substituents is 1. The average Bonchev–Trinajstić information content (AvgIpc) is 3.10. The van der Waals surface area contributed by atoms with Gasteiger partial charge in [0.1, 0.15) is 18.5 Å². The van der Waals surface area contributed by atoms with Crippen LogP contribution in [0, 0.1) is 10.1 Å². The normalized spacial score (nSPS) is 20.8. The van der Waals surface area contributed by atoms with Crippen molar-refractivity contribution in [3.05, 3.63) is 34.4 Å². The van der Waals surface area contributed by atoms with E-state index in [0.717, 1.165) is 19.3 Å². The first-order chi connectivity index (χ1) is 14.4. The smallest absolute Gasteiger partial charge is 0.431 e. The number of unbranched alkanes of at least 4 members (excludes halogenated alkanes) is 7. The number of benzene rings is 1. The van der Waals surface area contributed by atoms with E-state index < -0.39 is 16.9 Å². The van der Waals surface area contributed by atoms with Crippen LogP contribution >= 0.6 is 0 Å². The molecule has 8 nitrogen and oxygen atoms in total. The quantitative estimate of drug-likeness (QED) is 0.130. The fourth-order valence-corrected chi connectivity index (χ4v) is 3.41. The summed E-state index contributed by atoms with van der Waals surface area (Å²) < 4.78 is 21.8. The predicted octanol–water partition coefficient (Wildman–Crippen LogP) is 5.77. The molecule has 1 aliphatic rings. The fraction of sp³-hybridized carbons (Fsp3) is 0.682. The van der Waals surface area contributed by atoms with Crippen LogP contribution in [0.25, 0.3) is 0 Å². The summed E-state index contributed by atoms with van der Waals surface area (Å²) in [6.07, 6.45) is 9.55. The van der Waals surface area contributed by atoms with Crippen LogP contribution in [-0.4, -0.2) is 36.2 Å². The molecule has 1 aromatic rings. The zero-order chi connectivity index (χ0) is 21.8. The van der Waals surface area contributed by atoms with E-state index in [1.54, 1.807) is 0 Å². The van der Waals surface area contributed by atoms with Crippen LogP contribution in [0.2, 0.25) is 0 Å². The summed E-state index contributed by atoms with van der Waals surface area (Å²) in [4.78, 5) is 21.9. The number of ether oxygens (including phenoxy) is 4. The van der Waals surface area contributed by atoms with E-state index in [9.17, 15) is 14.9 Å². The summed E-state index contributed by atoms with van der Waals surface area (Å²) in [7, 11) is 0. The maximum absolute atomic E-state index is 11.8. The minimum absolute atomic E-state index is 0.0266. The van der Waals surface area contributed by atoms with Gasteiger partial charge in [0.05, 0.1) is 11.5 Å². The van der Waals surface area contributed by atoms with Gasteiger partial charge in [-0.1, -0.05) is 51.9 Å². The molecule has 0 spiro atoms. The molecule has 1 aliphatic heterocycles. The molecule has 1 heterocycles. The number of carbonyl (C=O) groups is 1. The van der Waals surface area contributed by atoms with Crippen molar-refractivity contribution in [2.45, 2.75) is 83.5 Å². The third-order valence-corrected chi connectivity index (χ3v) is 5.11. The standard InChI is InChI=1S/C22H33NO7/c1-3-4-5-6-7-8-9-10-15-22(2)28-17-20(30-22)16-27-21(24)29-19-13-11-18(12-14-19)23(25)26/h11-14,20H,3-10,15-17H2,1-2H3. The maximum Gasteiger partial charge on any atom is 0.513 e. The molecule has 1 saturated heterocycles. The van der Waals surface area contributed by atoms with Gasteiger partial charge in [-0.2, -0.15) is 0 Å². The Balaban J connectivity index is 1.59. The van der Waals surface area contributed by atoms with Crippen LogP contribution < -0.4 is 4.74 Å². The monoisotopic (exact) mass is 423 g/mol. The number of hydrogen-bond donors (Lipinski definition) is 0. The Hall–Kier alpha value is -2.19. The Kier molecular flexibility index (Phi) is 10.0. The lowest BCUT2D eigenvalue weighted by Gasteiger charge is -2.23. The SMILES string of the molecule is CCCCCCCCCCC1(C)OCC(COC(=O)Oc2ccc([N+](=O)[O-])cc2)O1. The second-order valence-corrected chi connectivity index (χ2v) is 7.82. The highest BCUT2D eigenvalue weighted by Gasteiger charge is 2.37. The number of nitro benzene ring substituents is 1. The summed E-state index contributed by atoms with van der Waals surface area (Å²) >= 11 is 0. The zero-order valence-electron chi connectivity index (χ0n) is 18.0. The highest BCUT2D eigenvalue weighted by molar-refractivity contribution is 5.64. The van der Waals surface area contributed by atoms with Gasteiger partial charge in [-0.05, 0) is 25.5 Å². The van der Waals surface area contributed by atoms with Gasteiger partial charge in [-0.3, -0.25) is 10.1 Å². The van der Waals surface area contributed by atoms with E-state index in [1.807, 2.05) is 6.92 Å². The number of rotatable bonds is 13. The van der Waals surface area contributed by atoms with Gasteiger partial charge in [0.15, 0.2) is 5.79 Å². The van der Waals surface area contributed by atoms with E-state index >= 15 is 0 Å². The van der Waals surface area contributed by atoms with Crippen LogP contribution in [0.3, 0.4) is 0 Å². The van der Waals surface area contributed by atoms with Crippen molar-refractivity contribution >= 4 is 11.8 Å². The first kappa shape index (κ1) is 24.1. The van der Waals surface area contributed by atoms with E-state index in [0.29, 0.717) is 6.61 Å². The number of hydrogen-bond acceptors (Lipinski definition) is 7. The van der Waals surface area contributed by atoms with Gasteiger partial charge >= 0.3 is 6.16 Å².